The summed E-state index contributed by atoms with van der Waals surface area (Å²) in [5, 5.41) is 19.2. The van der Waals surface area contributed by atoms with Crippen LogP contribution >= 0.6 is 0 Å². The summed E-state index contributed by atoms with van der Waals surface area (Å²) in [6.07, 6.45) is -0.755. The molecular weight excluding hydrogens is 225 g/mol. The quantitative estimate of drug-likeness (QED) is 0.432. The predicted octanol–water partition coefficient (Wildman–Crippen LogP) is 0.551. The van der Waals surface area contributed by atoms with E-state index in [4.69, 9.17) is 15.9 Å². The Morgan fingerprint density at radius 3 is 2.65 bits per heavy atom. The molecule has 1 unspecified atom stereocenters. The van der Waals surface area contributed by atoms with Crippen molar-refractivity contribution in [2.75, 3.05) is 19.8 Å². The summed E-state index contributed by atoms with van der Waals surface area (Å²) in [6.45, 7) is -0.347. The molecule has 1 atom stereocenters. The van der Waals surface area contributed by atoms with Crippen LogP contribution in [0.3, 0.4) is 0 Å². The number of halogens is 1. The van der Waals surface area contributed by atoms with Crippen molar-refractivity contribution >= 4 is 5.96 Å². The number of benzene rings is 1. The van der Waals surface area contributed by atoms with Crippen LogP contribution in [0.1, 0.15) is 11.7 Å². The molecule has 1 aromatic carbocycles. The SMILES string of the molecule is N=C(N)NCC(O)c1ccc(OCCF)cc1. The molecule has 0 fully saturated rings. The highest BCUT2D eigenvalue weighted by Gasteiger charge is 2.07. The normalized spacial score (nSPS) is 11.9. The zero-order valence-corrected chi connectivity index (χ0v) is 9.32. The highest BCUT2D eigenvalue weighted by molar-refractivity contribution is 5.74. The van der Waals surface area contributed by atoms with Gasteiger partial charge in [0.05, 0.1) is 6.10 Å². The van der Waals surface area contributed by atoms with Crippen LogP contribution in [0.5, 0.6) is 5.75 Å². The first-order chi connectivity index (χ1) is 8.13. The van der Waals surface area contributed by atoms with E-state index in [1.807, 2.05) is 0 Å². The third kappa shape index (κ3) is 4.69. The molecule has 0 bridgehead atoms. The van der Waals surface area contributed by atoms with Crippen LogP contribution in [0.25, 0.3) is 0 Å². The topological polar surface area (TPSA) is 91.4 Å². The Kier molecular flexibility index (Phi) is 5.22. The van der Waals surface area contributed by atoms with E-state index in [1.54, 1.807) is 24.3 Å². The van der Waals surface area contributed by atoms with Crippen molar-refractivity contribution < 1.29 is 14.2 Å². The fourth-order valence-corrected chi connectivity index (χ4v) is 1.27. The second-order valence-corrected chi connectivity index (χ2v) is 3.42. The number of nitrogens with two attached hydrogens (primary N) is 1. The maximum atomic E-state index is 11.9. The van der Waals surface area contributed by atoms with Crippen molar-refractivity contribution in [1.29, 1.82) is 5.41 Å². The molecule has 0 radical (unpaired) electrons. The molecule has 0 spiro atoms. The molecule has 0 aliphatic rings. The van der Waals surface area contributed by atoms with E-state index >= 15 is 0 Å². The molecule has 0 aliphatic heterocycles. The summed E-state index contributed by atoms with van der Waals surface area (Å²) in [4.78, 5) is 0. The first-order valence-corrected chi connectivity index (χ1v) is 5.18. The Hall–Kier alpha value is -1.82. The monoisotopic (exact) mass is 241 g/mol. The van der Waals surface area contributed by atoms with Crippen molar-refractivity contribution in [2.24, 2.45) is 5.73 Å². The van der Waals surface area contributed by atoms with Crippen LogP contribution in [0.2, 0.25) is 0 Å². The molecule has 0 heterocycles. The average molecular weight is 241 g/mol. The average Bonchev–Trinajstić information content (AvgIpc) is 2.34. The lowest BCUT2D eigenvalue weighted by Crippen LogP contribution is -2.33. The number of aliphatic hydroxyl groups excluding tert-OH is 1. The number of rotatable bonds is 6. The summed E-state index contributed by atoms with van der Waals surface area (Å²) in [5.74, 6) is 0.366. The molecule has 1 rings (SSSR count). The van der Waals surface area contributed by atoms with Crippen molar-refractivity contribution in [1.82, 2.24) is 5.32 Å². The first kappa shape index (κ1) is 13.2. The van der Waals surface area contributed by atoms with Gasteiger partial charge >= 0.3 is 0 Å². The molecule has 0 saturated carbocycles. The van der Waals surface area contributed by atoms with Crippen LogP contribution in [0, 0.1) is 5.41 Å². The van der Waals surface area contributed by atoms with E-state index in [-0.39, 0.29) is 19.1 Å². The molecule has 5 N–H and O–H groups in total. The second-order valence-electron chi connectivity index (χ2n) is 3.42. The van der Waals surface area contributed by atoms with Gasteiger partial charge in [0.1, 0.15) is 19.0 Å². The van der Waals surface area contributed by atoms with Gasteiger partial charge in [0, 0.05) is 6.54 Å². The lowest BCUT2D eigenvalue weighted by molar-refractivity contribution is 0.181. The fraction of sp³-hybridized carbons (Fsp3) is 0.364. The van der Waals surface area contributed by atoms with Crippen LogP contribution in [-0.2, 0) is 0 Å². The molecular formula is C11H16FN3O2. The summed E-state index contributed by atoms with van der Waals surface area (Å²) in [7, 11) is 0. The van der Waals surface area contributed by atoms with Crippen molar-refractivity contribution in [2.45, 2.75) is 6.10 Å². The molecule has 0 aromatic heterocycles. The van der Waals surface area contributed by atoms with E-state index in [0.717, 1.165) is 0 Å². The van der Waals surface area contributed by atoms with Crippen LogP contribution < -0.4 is 15.8 Å². The Morgan fingerprint density at radius 2 is 2.12 bits per heavy atom. The van der Waals surface area contributed by atoms with E-state index in [1.165, 1.54) is 0 Å². The number of ether oxygens (including phenoxy) is 1. The molecule has 94 valence electrons. The van der Waals surface area contributed by atoms with Gasteiger partial charge in [-0.05, 0) is 17.7 Å². The third-order valence-electron chi connectivity index (χ3n) is 2.10. The van der Waals surface area contributed by atoms with Gasteiger partial charge in [-0.2, -0.15) is 0 Å². The first-order valence-electron chi connectivity index (χ1n) is 5.18. The van der Waals surface area contributed by atoms with Gasteiger partial charge in [-0.3, -0.25) is 5.41 Å². The standard InChI is InChI=1S/C11H16FN3O2/c12-5-6-17-9-3-1-8(2-4-9)10(16)7-15-11(13)14/h1-4,10,16H,5-7H2,(H4,13,14,15). The van der Waals surface area contributed by atoms with Crippen molar-refractivity contribution in [3.63, 3.8) is 0 Å². The van der Waals surface area contributed by atoms with Crippen molar-refractivity contribution in [3.05, 3.63) is 29.8 Å². The number of guanidine groups is 1. The van der Waals surface area contributed by atoms with Gasteiger partial charge in [0.2, 0.25) is 0 Å². The Bertz CT molecular complexity index is 356. The zero-order chi connectivity index (χ0) is 12.7. The lowest BCUT2D eigenvalue weighted by Gasteiger charge is -2.12. The molecule has 0 aliphatic carbocycles. The minimum absolute atomic E-state index is 0.0216. The molecule has 5 nitrogen and oxygen atoms in total. The maximum Gasteiger partial charge on any atom is 0.185 e. The summed E-state index contributed by atoms with van der Waals surface area (Å²) in [6, 6.07) is 6.67. The van der Waals surface area contributed by atoms with Crippen LogP contribution in [-0.4, -0.2) is 30.9 Å². The molecule has 6 heteroatoms. The van der Waals surface area contributed by atoms with Crippen molar-refractivity contribution in [3.8, 4) is 5.75 Å². The summed E-state index contributed by atoms with van der Waals surface area (Å²) in [5.41, 5.74) is 5.78. The molecule has 0 saturated heterocycles. The largest absolute Gasteiger partial charge is 0.491 e. The number of nitrogens with one attached hydrogen (secondary N) is 2. The zero-order valence-electron chi connectivity index (χ0n) is 9.32. The van der Waals surface area contributed by atoms with Crippen LogP contribution in [0.4, 0.5) is 4.39 Å². The molecule has 17 heavy (non-hydrogen) atoms. The Morgan fingerprint density at radius 1 is 1.47 bits per heavy atom. The van der Waals surface area contributed by atoms with E-state index in [9.17, 15) is 9.50 Å². The highest BCUT2D eigenvalue weighted by Crippen LogP contribution is 2.17. The van der Waals surface area contributed by atoms with Gasteiger partial charge in [-0.25, -0.2) is 4.39 Å². The number of alkyl halides is 1. The van der Waals surface area contributed by atoms with E-state index in [2.05, 4.69) is 5.32 Å². The smallest absolute Gasteiger partial charge is 0.185 e. The van der Waals surface area contributed by atoms with Gasteiger partial charge < -0.3 is 20.9 Å². The van der Waals surface area contributed by atoms with Crippen LogP contribution in [0.15, 0.2) is 24.3 Å². The number of hydrogen-bond donors (Lipinski definition) is 4. The number of hydrogen-bond acceptors (Lipinski definition) is 3. The van der Waals surface area contributed by atoms with E-state index in [0.29, 0.717) is 11.3 Å². The van der Waals surface area contributed by atoms with Gasteiger partial charge in [-0.1, -0.05) is 12.1 Å². The lowest BCUT2D eigenvalue weighted by atomic mass is 10.1. The third-order valence-corrected chi connectivity index (χ3v) is 2.10. The Balaban J connectivity index is 2.51. The summed E-state index contributed by atoms with van der Waals surface area (Å²) < 4.78 is 16.9. The predicted molar refractivity (Wildman–Crippen MR) is 62.8 cm³/mol. The van der Waals surface area contributed by atoms with E-state index < -0.39 is 12.8 Å². The summed E-state index contributed by atoms with van der Waals surface area (Å²) >= 11 is 0. The van der Waals surface area contributed by atoms with Gasteiger partial charge in [-0.15, -0.1) is 0 Å². The second kappa shape index (κ2) is 6.70. The minimum atomic E-state index is -0.755. The highest BCUT2D eigenvalue weighted by atomic mass is 19.1. The number of aliphatic hydroxyl groups is 1. The maximum absolute atomic E-state index is 11.9. The minimum Gasteiger partial charge on any atom is -0.491 e. The molecule has 0 amide bonds. The van der Waals surface area contributed by atoms with Gasteiger partial charge in [0.25, 0.3) is 0 Å². The fourth-order valence-electron chi connectivity index (χ4n) is 1.27. The Labute approximate surface area is 98.9 Å². The van der Waals surface area contributed by atoms with Gasteiger partial charge in [0.15, 0.2) is 5.96 Å². The molecule has 1 aromatic rings.